The summed E-state index contributed by atoms with van der Waals surface area (Å²) in [5.74, 6) is 0.264. The third-order valence-corrected chi connectivity index (χ3v) is 3.50. The molecule has 0 unspecified atom stereocenters. The van der Waals surface area contributed by atoms with Crippen LogP contribution in [0, 0.1) is 0 Å². The molecular formula is C16H25N3O2. The third kappa shape index (κ3) is 4.62. The van der Waals surface area contributed by atoms with Gasteiger partial charge >= 0.3 is 5.97 Å². The van der Waals surface area contributed by atoms with Crippen LogP contribution in [0.25, 0.3) is 0 Å². The molecule has 1 aromatic heterocycles. The molecule has 0 bridgehead atoms. The largest absolute Gasteiger partial charge is 0.456 e. The monoisotopic (exact) mass is 291 g/mol. The minimum absolute atomic E-state index is 0.386. The maximum absolute atomic E-state index is 12.0. The van der Waals surface area contributed by atoms with E-state index in [0.717, 1.165) is 12.8 Å². The minimum Gasteiger partial charge on any atom is -0.456 e. The summed E-state index contributed by atoms with van der Waals surface area (Å²) in [5.41, 5.74) is 6.36. The van der Waals surface area contributed by atoms with Crippen LogP contribution < -0.4 is 11.1 Å². The van der Waals surface area contributed by atoms with Gasteiger partial charge in [-0.2, -0.15) is 0 Å². The number of carbonyl (C=O) groups is 1. The number of aromatic nitrogens is 1. The van der Waals surface area contributed by atoms with Crippen LogP contribution in [-0.2, 0) is 4.74 Å². The number of anilines is 2. The molecule has 1 aliphatic carbocycles. The van der Waals surface area contributed by atoms with Crippen molar-refractivity contribution in [2.75, 3.05) is 11.1 Å². The molecule has 0 radical (unpaired) electrons. The molecule has 0 spiro atoms. The lowest BCUT2D eigenvalue weighted by Crippen LogP contribution is -2.25. The van der Waals surface area contributed by atoms with E-state index in [1.165, 1.54) is 25.5 Å². The van der Waals surface area contributed by atoms with Gasteiger partial charge in [0.15, 0.2) is 0 Å². The molecule has 1 heterocycles. The quantitative estimate of drug-likeness (QED) is 0.835. The molecule has 0 aromatic carbocycles. The Hall–Kier alpha value is -1.78. The smallest absolute Gasteiger partial charge is 0.340 e. The van der Waals surface area contributed by atoms with Gasteiger partial charge in [-0.1, -0.05) is 19.3 Å². The predicted octanol–water partition coefficient (Wildman–Crippen LogP) is 3.36. The van der Waals surface area contributed by atoms with Crippen LogP contribution in [0.2, 0.25) is 0 Å². The summed E-state index contributed by atoms with van der Waals surface area (Å²) in [7, 11) is 0. The summed E-state index contributed by atoms with van der Waals surface area (Å²) in [6.07, 6.45) is 7.61. The predicted molar refractivity (Wildman–Crippen MR) is 84.3 cm³/mol. The summed E-state index contributed by atoms with van der Waals surface area (Å²) >= 11 is 0. The minimum atomic E-state index is -0.523. The average molecular weight is 291 g/mol. The summed E-state index contributed by atoms with van der Waals surface area (Å²) in [6.45, 7) is 5.50. The van der Waals surface area contributed by atoms with E-state index in [1.807, 2.05) is 20.8 Å². The Bertz CT molecular complexity index is 503. The first-order valence-electron chi connectivity index (χ1n) is 7.60. The van der Waals surface area contributed by atoms with Crippen LogP contribution in [-0.4, -0.2) is 22.6 Å². The third-order valence-electron chi connectivity index (χ3n) is 3.50. The number of ether oxygens (including phenoxy) is 1. The van der Waals surface area contributed by atoms with Gasteiger partial charge in [0, 0.05) is 12.2 Å². The molecule has 0 amide bonds. The van der Waals surface area contributed by atoms with Gasteiger partial charge in [0.2, 0.25) is 0 Å². The summed E-state index contributed by atoms with van der Waals surface area (Å²) in [4.78, 5) is 16.3. The van der Waals surface area contributed by atoms with E-state index < -0.39 is 11.6 Å². The van der Waals surface area contributed by atoms with Gasteiger partial charge in [-0.3, -0.25) is 0 Å². The number of nitrogens with two attached hydrogens (primary N) is 1. The standard InChI is InChI=1S/C16H25N3O2/c1-16(2,3)21-15(20)11-9-13(17)14(18-10-11)19-12-7-5-4-6-8-12/h9-10,12H,4-8,17H2,1-3H3,(H,18,19). The Labute approximate surface area is 126 Å². The normalized spacial score (nSPS) is 16.5. The van der Waals surface area contributed by atoms with E-state index in [2.05, 4.69) is 10.3 Å². The first-order valence-corrected chi connectivity index (χ1v) is 7.60. The molecule has 1 aliphatic rings. The van der Waals surface area contributed by atoms with Crippen molar-refractivity contribution in [1.29, 1.82) is 0 Å². The number of hydrogen-bond donors (Lipinski definition) is 2. The van der Waals surface area contributed by atoms with Crippen LogP contribution in [0.1, 0.15) is 63.2 Å². The second-order valence-corrected chi connectivity index (χ2v) is 6.64. The molecule has 5 nitrogen and oxygen atoms in total. The molecular weight excluding hydrogens is 266 g/mol. The van der Waals surface area contributed by atoms with Crippen molar-refractivity contribution in [2.45, 2.75) is 64.5 Å². The molecule has 0 saturated heterocycles. The number of esters is 1. The van der Waals surface area contributed by atoms with Crippen molar-refractivity contribution in [1.82, 2.24) is 4.98 Å². The van der Waals surface area contributed by atoms with Crippen molar-refractivity contribution in [3.63, 3.8) is 0 Å². The van der Waals surface area contributed by atoms with Gasteiger partial charge in [-0.05, 0) is 39.7 Å². The number of nitrogens with zero attached hydrogens (tertiary/aromatic N) is 1. The zero-order chi connectivity index (χ0) is 15.5. The van der Waals surface area contributed by atoms with Crippen molar-refractivity contribution >= 4 is 17.5 Å². The zero-order valence-electron chi connectivity index (χ0n) is 13.1. The first-order chi connectivity index (χ1) is 9.85. The fourth-order valence-electron chi connectivity index (χ4n) is 2.49. The van der Waals surface area contributed by atoms with E-state index >= 15 is 0 Å². The van der Waals surface area contributed by atoms with Crippen LogP contribution in [0.4, 0.5) is 11.5 Å². The van der Waals surface area contributed by atoms with Gasteiger partial charge in [-0.25, -0.2) is 9.78 Å². The Morgan fingerprint density at radius 2 is 2.00 bits per heavy atom. The number of nitrogen functional groups attached to an aromatic ring is 1. The number of nitrogens with one attached hydrogen (secondary N) is 1. The first kappa shape index (κ1) is 15.6. The molecule has 21 heavy (non-hydrogen) atoms. The Morgan fingerprint density at radius 1 is 1.33 bits per heavy atom. The van der Waals surface area contributed by atoms with Crippen molar-refractivity contribution in [3.8, 4) is 0 Å². The van der Waals surface area contributed by atoms with Gasteiger partial charge in [0.25, 0.3) is 0 Å². The Kier molecular flexibility index (Phi) is 4.70. The van der Waals surface area contributed by atoms with Crippen molar-refractivity contribution in [3.05, 3.63) is 17.8 Å². The highest BCUT2D eigenvalue weighted by Gasteiger charge is 2.20. The fraction of sp³-hybridized carbons (Fsp3) is 0.625. The molecule has 116 valence electrons. The molecule has 0 aliphatic heterocycles. The van der Waals surface area contributed by atoms with Crippen LogP contribution in [0.3, 0.4) is 0 Å². The molecule has 5 heteroatoms. The van der Waals surface area contributed by atoms with Crippen LogP contribution in [0.15, 0.2) is 12.3 Å². The number of pyridine rings is 1. The van der Waals surface area contributed by atoms with Gasteiger partial charge in [-0.15, -0.1) is 0 Å². The molecule has 3 N–H and O–H groups in total. The van der Waals surface area contributed by atoms with Crippen molar-refractivity contribution < 1.29 is 9.53 Å². The highest BCUT2D eigenvalue weighted by atomic mass is 16.6. The van der Waals surface area contributed by atoms with Crippen molar-refractivity contribution in [2.24, 2.45) is 0 Å². The zero-order valence-corrected chi connectivity index (χ0v) is 13.1. The van der Waals surface area contributed by atoms with Gasteiger partial charge in [0.05, 0.1) is 11.3 Å². The molecule has 1 fully saturated rings. The highest BCUT2D eigenvalue weighted by Crippen LogP contribution is 2.24. The molecule has 2 rings (SSSR count). The van der Waals surface area contributed by atoms with Crippen LogP contribution >= 0.6 is 0 Å². The maximum Gasteiger partial charge on any atom is 0.340 e. The fourth-order valence-corrected chi connectivity index (χ4v) is 2.49. The SMILES string of the molecule is CC(C)(C)OC(=O)c1cnc(NC2CCCCC2)c(N)c1. The highest BCUT2D eigenvalue weighted by molar-refractivity contribution is 5.91. The molecule has 0 atom stereocenters. The topological polar surface area (TPSA) is 77.2 Å². The van der Waals surface area contributed by atoms with E-state index in [1.54, 1.807) is 6.07 Å². The maximum atomic E-state index is 12.0. The second-order valence-electron chi connectivity index (χ2n) is 6.64. The second kappa shape index (κ2) is 6.33. The van der Waals surface area contributed by atoms with Gasteiger partial charge < -0.3 is 15.8 Å². The van der Waals surface area contributed by atoms with E-state index in [0.29, 0.717) is 23.1 Å². The van der Waals surface area contributed by atoms with E-state index in [9.17, 15) is 4.79 Å². The lowest BCUT2D eigenvalue weighted by Gasteiger charge is -2.24. The summed E-state index contributed by atoms with van der Waals surface area (Å²) in [5, 5.41) is 3.38. The lowest BCUT2D eigenvalue weighted by molar-refractivity contribution is 0.00692. The van der Waals surface area contributed by atoms with Crippen LogP contribution in [0.5, 0.6) is 0 Å². The van der Waals surface area contributed by atoms with E-state index in [4.69, 9.17) is 10.5 Å². The molecule has 1 aromatic rings. The number of rotatable bonds is 3. The summed E-state index contributed by atoms with van der Waals surface area (Å²) in [6, 6.07) is 2.06. The Morgan fingerprint density at radius 3 is 2.57 bits per heavy atom. The van der Waals surface area contributed by atoms with Gasteiger partial charge in [0.1, 0.15) is 11.4 Å². The summed E-state index contributed by atoms with van der Waals surface area (Å²) < 4.78 is 5.31. The molecule has 1 saturated carbocycles. The Balaban J connectivity index is 2.04. The number of hydrogen-bond acceptors (Lipinski definition) is 5. The number of carbonyl (C=O) groups excluding carboxylic acids is 1. The average Bonchev–Trinajstić information content (AvgIpc) is 2.40. The lowest BCUT2D eigenvalue weighted by atomic mass is 9.95. The van der Waals surface area contributed by atoms with E-state index in [-0.39, 0.29) is 0 Å².